The van der Waals surface area contributed by atoms with Gasteiger partial charge < -0.3 is 5.32 Å². The molecule has 5 heteroatoms. The monoisotopic (exact) mass is 269 g/mol. The number of amides is 1. The average molecular weight is 269 g/mol. The lowest BCUT2D eigenvalue weighted by Gasteiger charge is -2.06. The van der Waals surface area contributed by atoms with Gasteiger partial charge in [0, 0.05) is 30.3 Å². The van der Waals surface area contributed by atoms with E-state index in [-0.39, 0.29) is 17.4 Å². The molecule has 0 aliphatic heterocycles. The molecule has 1 aromatic carbocycles. The highest BCUT2D eigenvalue weighted by Gasteiger charge is 2.29. The maximum atomic E-state index is 11.7. The van der Waals surface area contributed by atoms with Crippen LogP contribution in [0.4, 0.5) is 5.69 Å². The summed E-state index contributed by atoms with van der Waals surface area (Å²) < 4.78 is 1.30. The normalized spacial score (nSPS) is 14.1. The van der Waals surface area contributed by atoms with Crippen LogP contribution in [0.25, 0.3) is 11.3 Å². The molecule has 1 amide bonds. The van der Waals surface area contributed by atoms with Crippen LogP contribution in [0.3, 0.4) is 0 Å². The predicted octanol–water partition coefficient (Wildman–Crippen LogP) is 1.80. The summed E-state index contributed by atoms with van der Waals surface area (Å²) in [5.41, 5.74) is 2.29. The summed E-state index contributed by atoms with van der Waals surface area (Å²) in [4.78, 5) is 23.0. The van der Waals surface area contributed by atoms with E-state index < -0.39 is 0 Å². The predicted molar refractivity (Wildman–Crippen MR) is 76.3 cm³/mol. The minimum Gasteiger partial charge on any atom is -0.326 e. The Hall–Kier alpha value is -2.43. The third kappa shape index (κ3) is 2.61. The molecule has 0 radical (unpaired) electrons. The van der Waals surface area contributed by atoms with Gasteiger partial charge in [0.15, 0.2) is 0 Å². The first kappa shape index (κ1) is 12.6. The van der Waals surface area contributed by atoms with Gasteiger partial charge >= 0.3 is 0 Å². The Kier molecular flexibility index (Phi) is 3.10. The Morgan fingerprint density at radius 2 is 1.90 bits per heavy atom. The molecule has 0 unspecified atom stereocenters. The van der Waals surface area contributed by atoms with Gasteiger partial charge in [-0.05, 0) is 31.0 Å². The van der Waals surface area contributed by atoms with Crippen molar-refractivity contribution >= 4 is 11.6 Å². The Morgan fingerprint density at radius 3 is 2.50 bits per heavy atom. The van der Waals surface area contributed by atoms with E-state index in [0.29, 0.717) is 0 Å². The molecule has 1 fully saturated rings. The SMILES string of the molecule is Cn1nc(-c2ccc(NC(=O)C3CC3)cc2)ccc1=O. The fraction of sp³-hybridized carbons (Fsp3) is 0.267. The summed E-state index contributed by atoms with van der Waals surface area (Å²) in [7, 11) is 1.62. The quantitative estimate of drug-likeness (QED) is 0.924. The lowest BCUT2D eigenvalue weighted by molar-refractivity contribution is -0.117. The molecule has 1 aromatic heterocycles. The number of carbonyl (C=O) groups excluding carboxylic acids is 1. The Balaban J connectivity index is 1.79. The van der Waals surface area contributed by atoms with Crippen LogP contribution >= 0.6 is 0 Å². The maximum Gasteiger partial charge on any atom is 0.266 e. The summed E-state index contributed by atoms with van der Waals surface area (Å²) in [6.45, 7) is 0. The standard InChI is InChI=1S/C15H15N3O2/c1-18-14(19)9-8-13(17-18)10-4-6-12(7-5-10)16-15(20)11-2-3-11/h4-9,11H,2-3H2,1H3,(H,16,20). The fourth-order valence-electron chi connectivity index (χ4n) is 1.97. The molecule has 1 heterocycles. The second-order valence-corrected chi connectivity index (χ2v) is 5.02. The van der Waals surface area contributed by atoms with Gasteiger partial charge in [0.05, 0.1) is 5.69 Å². The fourth-order valence-corrected chi connectivity index (χ4v) is 1.97. The lowest BCUT2D eigenvalue weighted by atomic mass is 10.1. The molecule has 2 aromatic rings. The Morgan fingerprint density at radius 1 is 1.20 bits per heavy atom. The molecule has 0 atom stereocenters. The first-order valence-corrected chi connectivity index (χ1v) is 6.59. The van der Waals surface area contributed by atoms with Crippen LogP contribution < -0.4 is 10.9 Å². The van der Waals surface area contributed by atoms with Gasteiger partial charge in [-0.2, -0.15) is 5.10 Å². The number of aryl methyl sites for hydroxylation is 1. The molecule has 1 N–H and O–H groups in total. The van der Waals surface area contributed by atoms with Crippen molar-refractivity contribution in [3.8, 4) is 11.3 Å². The molecule has 102 valence electrons. The van der Waals surface area contributed by atoms with Gasteiger partial charge in [-0.3, -0.25) is 9.59 Å². The van der Waals surface area contributed by atoms with Gasteiger partial charge in [0.1, 0.15) is 0 Å². The highest BCUT2D eigenvalue weighted by atomic mass is 16.2. The molecule has 0 spiro atoms. The molecule has 5 nitrogen and oxygen atoms in total. The van der Waals surface area contributed by atoms with E-state index in [0.717, 1.165) is 29.8 Å². The van der Waals surface area contributed by atoms with E-state index in [1.807, 2.05) is 24.3 Å². The first-order valence-electron chi connectivity index (χ1n) is 6.59. The van der Waals surface area contributed by atoms with Crippen LogP contribution in [0.2, 0.25) is 0 Å². The summed E-state index contributed by atoms with van der Waals surface area (Å²) >= 11 is 0. The van der Waals surface area contributed by atoms with Crippen molar-refractivity contribution in [3.63, 3.8) is 0 Å². The van der Waals surface area contributed by atoms with E-state index in [2.05, 4.69) is 10.4 Å². The highest BCUT2D eigenvalue weighted by molar-refractivity contribution is 5.94. The zero-order valence-electron chi connectivity index (χ0n) is 11.2. The summed E-state index contributed by atoms with van der Waals surface area (Å²) in [6, 6.07) is 10.7. The number of aromatic nitrogens is 2. The number of carbonyl (C=O) groups is 1. The third-order valence-corrected chi connectivity index (χ3v) is 3.36. The van der Waals surface area contributed by atoms with E-state index in [4.69, 9.17) is 0 Å². The Labute approximate surface area is 116 Å². The van der Waals surface area contributed by atoms with Crippen LogP contribution in [0, 0.1) is 5.92 Å². The van der Waals surface area contributed by atoms with Crippen LogP contribution in [0.5, 0.6) is 0 Å². The van der Waals surface area contributed by atoms with E-state index in [9.17, 15) is 9.59 Å². The highest BCUT2D eigenvalue weighted by Crippen LogP contribution is 2.30. The summed E-state index contributed by atoms with van der Waals surface area (Å²) in [5.74, 6) is 0.290. The van der Waals surface area contributed by atoms with Crippen LogP contribution in [0.1, 0.15) is 12.8 Å². The molecule has 3 rings (SSSR count). The molecule has 1 saturated carbocycles. The number of anilines is 1. The van der Waals surface area contributed by atoms with E-state index in [1.54, 1.807) is 13.1 Å². The number of nitrogens with zero attached hydrogens (tertiary/aromatic N) is 2. The largest absolute Gasteiger partial charge is 0.326 e. The molecule has 1 aliphatic carbocycles. The van der Waals surface area contributed by atoms with Crippen molar-refractivity contribution in [1.82, 2.24) is 9.78 Å². The number of rotatable bonds is 3. The molecule has 0 bridgehead atoms. The number of hydrogen-bond acceptors (Lipinski definition) is 3. The van der Waals surface area contributed by atoms with Crippen molar-refractivity contribution in [2.75, 3.05) is 5.32 Å². The zero-order chi connectivity index (χ0) is 14.1. The van der Waals surface area contributed by atoms with Gasteiger partial charge in [-0.15, -0.1) is 0 Å². The second-order valence-electron chi connectivity index (χ2n) is 5.02. The smallest absolute Gasteiger partial charge is 0.266 e. The van der Waals surface area contributed by atoms with Crippen LogP contribution in [0.15, 0.2) is 41.2 Å². The van der Waals surface area contributed by atoms with E-state index >= 15 is 0 Å². The number of nitrogens with one attached hydrogen (secondary N) is 1. The van der Waals surface area contributed by atoms with Gasteiger partial charge in [-0.25, -0.2) is 4.68 Å². The lowest BCUT2D eigenvalue weighted by Crippen LogP contribution is -2.18. The van der Waals surface area contributed by atoms with Gasteiger partial charge in [-0.1, -0.05) is 12.1 Å². The van der Waals surface area contributed by atoms with Crippen LogP contribution in [-0.4, -0.2) is 15.7 Å². The first-order chi connectivity index (χ1) is 9.63. The molecular weight excluding hydrogens is 254 g/mol. The second kappa shape index (κ2) is 4.92. The van der Waals surface area contributed by atoms with Crippen molar-refractivity contribution in [1.29, 1.82) is 0 Å². The number of hydrogen-bond donors (Lipinski definition) is 1. The maximum absolute atomic E-state index is 11.7. The zero-order valence-corrected chi connectivity index (χ0v) is 11.2. The summed E-state index contributed by atoms with van der Waals surface area (Å²) in [6.07, 6.45) is 1.98. The van der Waals surface area contributed by atoms with Gasteiger partial charge in [0.2, 0.25) is 5.91 Å². The van der Waals surface area contributed by atoms with Crippen molar-refractivity contribution in [2.45, 2.75) is 12.8 Å². The summed E-state index contributed by atoms with van der Waals surface area (Å²) in [5, 5.41) is 7.08. The van der Waals surface area contributed by atoms with Crippen molar-refractivity contribution < 1.29 is 4.79 Å². The molecule has 0 saturated heterocycles. The minimum atomic E-state index is -0.137. The van der Waals surface area contributed by atoms with Crippen molar-refractivity contribution in [2.24, 2.45) is 13.0 Å². The van der Waals surface area contributed by atoms with Gasteiger partial charge in [0.25, 0.3) is 5.56 Å². The molecule has 1 aliphatic rings. The average Bonchev–Trinajstić information content (AvgIpc) is 3.27. The van der Waals surface area contributed by atoms with Crippen molar-refractivity contribution in [3.05, 3.63) is 46.8 Å². The number of benzene rings is 1. The molecular formula is C15H15N3O2. The van der Waals surface area contributed by atoms with Crippen LogP contribution in [-0.2, 0) is 11.8 Å². The Bertz CT molecular complexity index is 700. The topological polar surface area (TPSA) is 64.0 Å². The minimum absolute atomic E-state index is 0.0954. The van der Waals surface area contributed by atoms with E-state index in [1.165, 1.54) is 10.7 Å². The third-order valence-electron chi connectivity index (χ3n) is 3.36. The molecule has 20 heavy (non-hydrogen) atoms.